The Morgan fingerprint density at radius 2 is 1.89 bits per heavy atom. The predicted molar refractivity (Wildman–Crippen MR) is 76.8 cm³/mol. The lowest BCUT2D eigenvalue weighted by Gasteiger charge is -2.21. The Bertz CT molecular complexity index is 599. The Kier molecular flexibility index (Phi) is 3.07. The number of nitrogens with zero attached hydrogens (tertiary/aromatic N) is 2. The first-order valence-electron chi connectivity index (χ1n) is 6.83. The summed E-state index contributed by atoms with van der Waals surface area (Å²) in [6, 6.07) is 6.55. The van der Waals surface area contributed by atoms with Gasteiger partial charge in [-0.05, 0) is 45.2 Å². The Hall–Kier alpha value is -1.74. The molecule has 1 aliphatic rings. The molecule has 19 heavy (non-hydrogen) atoms. The van der Waals surface area contributed by atoms with E-state index < -0.39 is 0 Å². The van der Waals surface area contributed by atoms with Crippen molar-refractivity contribution >= 4 is 0 Å². The van der Waals surface area contributed by atoms with Gasteiger partial charge in [0.2, 0.25) is 0 Å². The van der Waals surface area contributed by atoms with Crippen LogP contribution in [0.15, 0.2) is 24.4 Å². The van der Waals surface area contributed by atoms with Crippen molar-refractivity contribution in [2.24, 2.45) is 5.73 Å². The standard InChI is InChI=1S/C16H19N3/c1-10-6-11(2)8-12(7-10)16-18-9-13-14(17)4-3-5-15(13)19-16/h6-9,14H,3-5,17H2,1-2H3. The number of benzene rings is 1. The van der Waals surface area contributed by atoms with Gasteiger partial charge in [0.15, 0.2) is 5.82 Å². The highest BCUT2D eigenvalue weighted by Gasteiger charge is 2.19. The maximum atomic E-state index is 6.10. The molecule has 1 unspecified atom stereocenters. The molecule has 3 heteroatoms. The predicted octanol–water partition coefficient (Wildman–Crippen LogP) is 3.10. The second kappa shape index (κ2) is 4.74. The Morgan fingerprint density at radius 1 is 1.16 bits per heavy atom. The van der Waals surface area contributed by atoms with Crippen LogP contribution < -0.4 is 5.73 Å². The van der Waals surface area contributed by atoms with E-state index in [9.17, 15) is 0 Å². The van der Waals surface area contributed by atoms with Gasteiger partial charge in [-0.15, -0.1) is 0 Å². The first-order valence-corrected chi connectivity index (χ1v) is 6.83. The van der Waals surface area contributed by atoms with Gasteiger partial charge in [0.05, 0.1) is 0 Å². The number of aryl methyl sites for hydroxylation is 3. The largest absolute Gasteiger partial charge is 0.324 e. The molecule has 0 amide bonds. The van der Waals surface area contributed by atoms with Gasteiger partial charge in [0.1, 0.15) is 0 Å². The van der Waals surface area contributed by atoms with Crippen LogP contribution in [0.3, 0.4) is 0 Å². The fourth-order valence-corrected chi connectivity index (χ4v) is 2.82. The summed E-state index contributed by atoms with van der Waals surface area (Å²) < 4.78 is 0. The topological polar surface area (TPSA) is 51.8 Å². The molecular formula is C16H19N3. The molecule has 1 aromatic carbocycles. The van der Waals surface area contributed by atoms with Gasteiger partial charge < -0.3 is 5.73 Å². The van der Waals surface area contributed by atoms with E-state index in [2.05, 4.69) is 37.0 Å². The van der Waals surface area contributed by atoms with Crippen LogP contribution in [0, 0.1) is 13.8 Å². The lowest BCUT2D eigenvalue weighted by atomic mass is 9.93. The quantitative estimate of drug-likeness (QED) is 0.849. The molecule has 1 aliphatic carbocycles. The summed E-state index contributed by atoms with van der Waals surface area (Å²) >= 11 is 0. The Labute approximate surface area is 113 Å². The molecule has 1 atom stereocenters. The molecule has 2 N–H and O–H groups in total. The molecule has 2 aromatic rings. The summed E-state index contributed by atoms with van der Waals surface area (Å²) in [5.74, 6) is 0.819. The summed E-state index contributed by atoms with van der Waals surface area (Å²) in [5.41, 5.74) is 11.9. The van der Waals surface area contributed by atoms with Crippen LogP contribution in [0.5, 0.6) is 0 Å². The van der Waals surface area contributed by atoms with E-state index in [1.54, 1.807) is 0 Å². The third-order valence-electron chi connectivity index (χ3n) is 3.71. The van der Waals surface area contributed by atoms with Crippen molar-refractivity contribution in [3.05, 3.63) is 46.8 Å². The zero-order chi connectivity index (χ0) is 13.4. The van der Waals surface area contributed by atoms with E-state index in [-0.39, 0.29) is 6.04 Å². The lowest BCUT2D eigenvalue weighted by molar-refractivity contribution is 0.557. The molecule has 1 heterocycles. The van der Waals surface area contributed by atoms with Gasteiger partial charge in [-0.25, -0.2) is 9.97 Å². The first-order chi connectivity index (χ1) is 9.13. The summed E-state index contributed by atoms with van der Waals surface area (Å²) in [6.45, 7) is 4.20. The van der Waals surface area contributed by atoms with Gasteiger partial charge in [-0.2, -0.15) is 0 Å². The summed E-state index contributed by atoms with van der Waals surface area (Å²) in [4.78, 5) is 9.23. The zero-order valence-corrected chi connectivity index (χ0v) is 11.5. The molecule has 0 saturated heterocycles. The number of aromatic nitrogens is 2. The molecule has 3 rings (SSSR count). The highest BCUT2D eigenvalue weighted by Crippen LogP contribution is 2.28. The smallest absolute Gasteiger partial charge is 0.159 e. The molecule has 0 radical (unpaired) electrons. The SMILES string of the molecule is Cc1cc(C)cc(-c2ncc3c(n2)CCCC3N)c1. The molecule has 0 saturated carbocycles. The summed E-state index contributed by atoms with van der Waals surface area (Å²) in [5, 5.41) is 0. The van der Waals surface area contributed by atoms with E-state index in [0.717, 1.165) is 41.9 Å². The van der Waals surface area contributed by atoms with Gasteiger partial charge in [0, 0.05) is 29.1 Å². The second-order valence-electron chi connectivity index (χ2n) is 5.47. The van der Waals surface area contributed by atoms with E-state index in [0.29, 0.717) is 0 Å². The Balaban J connectivity index is 2.06. The van der Waals surface area contributed by atoms with Crippen LogP contribution in [0.4, 0.5) is 0 Å². The van der Waals surface area contributed by atoms with Gasteiger partial charge in [0.25, 0.3) is 0 Å². The van der Waals surface area contributed by atoms with Crippen molar-refractivity contribution in [2.75, 3.05) is 0 Å². The summed E-state index contributed by atoms with van der Waals surface area (Å²) in [6.07, 6.45) is 5.10. The van der Waals surface area contributed by atoms with Crippen molar-refractivity contribution in [1.82, 2.24) is 9.97 Å². The van der Waals surface area contributed by atoms with Crippen LogP contribution in [-0.2, 0) is 6.42 Å². The zero-order valence-electron chi connectivity index (χ0n) is 11.5. The number of fused-ring (bicyclic) bond motifs is 1. The molecule has 0 spiro atoms. The average Bonchev–Trinajstić information content (AvgIpc) is 2.37. The molecule has 0 bridgehead atoms. The molecule has 1 aromatic heterocycles. The fourth-order valence-electron chi connectivity index (χ4n) is 2.82. The second-order valence-corrected chi connectivity index (χ2v) is 5.47. The van der Waals surface area contributed by atoms with Gasteiger partial charge >= 0.3 is 0 Å². The van der Waals surface area contributed by atoms with Crippen LogP contribution >= 0.6 is 0 Å². The first kappa shape index (κ1) is 12.3. The van der Waals surface area contributed by atoms with Crippen LogP contribution in [0.25, 0.3) is 11.4 Å². The number of rotatable bonds is 1. The maximum Gasteiger partial charge on any atom is 0.159 e. The summed E-state index contributed by atoms with van der Waals surface area (Å²) in [7, 11) is 0. The highest BCUT2D eigenvalue weighted by molar-refractivity contribution is 5.58. The lowest BCUT2D eigenvalue weighted by Crippen LogP contribution is -2.19. The molecule has 3 nitrogen and oxygen atoms in total. The van der Waals surface area contributed by atoms with Crippen molar-refractivity contribution < 1.29 is 0 Å². The maximum absolute atomic E-state index is 6.10. The normalized spacial score (nSPS) is 18.2. The number of hydrogen-bond acceptors (Lipinski definition) is 3. The van der Waals surface area contributed by atoms with E-state index in [1.807, 2.05) is 6.20 Å². The fraction of sp³-hybridized carbons (Fsp3) is 0.375. The third-order valence-corrected chi connectivity index (χ3v) is 3.71. The van der Waals surface area contributed by atoms with Crippen molar-refractivity contribution in [2.45, 2.75) is 39.2 Å². The van der Waals surface area contributed by atoms with E-state index >= 15 is 0 Å². The molecule has 0 fully saturated rings. The van der Waals surface area contributed by atoms with Crippen molar-refractivity contribution in [1.29, 1.82) is 0 Å². The minimum atomic E-state index is 0.108. The molecule has 0 aliphatic heterocycles. The number of nitrogens with two attached hydrogens (primary N) is 1. The number of hydrogen-bond donors (Lipinski definition) is 1. The molecular weight excluding hydrogens is 234 g/mol. The van der Waals surface area contributed by atoms with Crippen molar-refractivity contribution in [3.63, 3.8) is 0 Å². The average molecular weight is 253 g/mol. The minimum absolute atomic E-state index is 0.108. The van der Waals surface area contributed by atoms with Crippen LogP contribution in [0.1, 0.15) is 41.3 Å². The van der Waals surface area contributed by atoms with E-state index in [1.165, 1.54) is 11.1 Å². The van der Waals surface area contributed by atoms with Crippen molar-refractivity contribution in [3.8, 4) is 11.4 Å². The van der Waals surface area contributed by atoms with Gasteiger partial charge in [-0.3, -0.25) is 0 Å². The Morgan fingerprint density at radius 3 is 2.63 bits per heavy atom. The minimum Gasteiger partial charge on any atom is -0.324 e. The van der Waals surface area contributed by atoms with Crippen LogP contribution in [-0.4, -0.2) is 9.97 Å². The monoisotopic (exact) mass is 253 g/mol. The molecule has 98 valence electrons. The van der Waals surface area contributed by atoms with Crippen LogP contribution in [0.2, 0.25) is 0 Å². The third kappa shape index (κ3) is 2.38. The van der Waals surface area contributed by atoms with E-state index in [4.69, 9.17) is 10.7 Å². The highest BCUT2D eigenvalue weighted by atomic mass is 14.9. The van der Waals surface area contributed by atoms with Gasteiger partial charge in [-0.1, -0.05) is 17.2 Å².